The van der Waals surface area contributed by atoms with Gasteiger partial charge in [0.05, 0.1) is 6.04 Å². The van der Waals surface area contributed by atoms with Crippen LogP contribution in [0.15, 0.2) is 29.2 Å². The number of aromatic nitrogens is 2. The Bertz CT molecular complexity index is 439. The molecule has 0 aliphatic rings. The molecular weight excluding hydrogens is 218 g/mol. The highest BCUT2D eigenvalue weighted by Gasteiger charge is 2.06. The molecule has 0 fully saturated rings. The van der Waals surface area contributed by atoms with E-state index >= 15 is 0 Å². The van der Waals surface area contributed by atoms with Crippen molar-refractivity contribution in [2.75, 3.05) is 5.32 Å². The van der Waals surface area contributed by atoms with Crippen molar-refractivity contribution in [3.63, 3.8) is 0 Å². The van der Waals surface area contributed by atoms with Crippen molar-refractivity contribution in [1.82, 2.24) is 9.97 Å². The van der Waals surface area contributed by atoms with Crippen LogP contribution in [0.4, 0.5) is 5.82 Å². The van der Waals surface area contributed by atoms with Gasteiger partial charge in [-0.2, -0.15) is 11.3 Å². The van der Waals surface area contributed by atoms with E-state index < -0.39 is 0 Å². The molecule has 0 bridgehead atoms. The molecule has 1 N–H and O–H groups in total. The van der Waals surface area contributed by atoms with E-state index in [9.17, 15) is 0 Å². The summed E-state index contributed by atoms with van der Waals surface area (Å²) in [5.74, 6) is 0.894. The minimum absolute atomic E-state index is 0.283. The molecule has 0 radical (unpaired) electrons. The van der Waals surface area contributed by atoms with E-state index in [1.807, 2.05) is 6.07 Å². The Kier molecular flexibility index (Phi) is 3.51. The minimum atomic E-state index is 0.283. The maximum atomic E-state index is 4.22. The Labute approximate surface area is 99.6 Å². The minimum Gasteiger partial charge on any atom is -0.363 e. The normalized spacial score (nSPS) is 12.4. The number of anilines is 1. The molecule has 0 aliphatic carbocycles. The van der Waals surface area contributed by atoms with Gasteiger partial charge in [-0.3, -0.25) is 0 Å². The monoisotopic (exact) mass is 233 g/mol. The lowest BCUT2D eigenvalue weighted by Crippen LogP contribution is -2.07. The lowest BCUT2D eigenvalue weighted by molar-refractivity contribution is 0.871. The van der Waals surface area contributed by atoms with Crippen LogP contribution in [-0.4, -0.2) is 9.97 Å². The van der Waals surface area contributed by atoms with Crippen LogP contribution < -0.4 is 5.32 Å². The van der Waals surface area contributed by atoms with Crippen LogP contribution in [0.3, 0.4) is 0 Å². The number of nitrogens with zero attached hydrogens (tertiary/aromatic N) is 2. The van der Waals surface area contributed by atoms with E-state index in [2.05, 4.69) is 46.0 Å². The predicted molar refractivity (Wildman–Crippen MR) is 67.8 cm³/mol. The molecule has 0 spiro atoms. The highest BCUT2D eigenvalue weighted by Crippen LogP contribution is 2.19. The van der Waals surface area contributed by atoms with E-state index in [1.165, 1.54) is 5.56 Å². The molecule has 16 heavy (non-hydrogen) atoms. The quantitative estimate of drug-likeness (QED) is 0.880. The third kappa shape index (κ3) is 2.58. The fourth-order valence-electron chi connectivity index (χ4n) is 1.50. The van der Waals surface area contributed by atoms with Gasteiger partial charge in [0.25, 0.3) is 0 Å². The van der Waals surface area contributed by atoms with E-state index in [0.29, 0.717) is 0 Å². The Balaban J connectivity index is 2.08. The van der Waals surface area contributed by atoms with Crippen LogP contribution in [0.25, 0.3) is 0 Å². The highest BCUT2D eigenvalue weighted by molar-refractivity contribution is 7.07. The van der Waals surface area contributed by atoms with E-state index in [4.69, 9.17) is 0 Å². The van der Waals surface area contributed by atoms with Crippen LogP contribution in [0.1, 0.15) is 31.1 Å². The third-order valence-electron chi connectivity index (χ3n) is 2.49. The van der Waals surface area contributed by atoms with Crippen LogP contribution in [0.2, 0.25) is 0 Å². The van der Waals surface area contributed by atoms with Gasteiger partial charge in [0.2, 0.25) is 0 Å². The maximum absolute atomic E-state index is 4.22. The largest absolute Gasteiger partial charge is 0.363 e. The first kappa shape index (κ1) is 11.1. The number of aryl methyl sites for hydroxylation is 1. The number of thiophene rings is 1. The number of hydrogen-bond acceptors (Lipinski definition) is 4. The van der Waals surface area contributed by atoms with Gasteiger partial charge in [-0.1, -0.05) is 6.92 Å². The summed E-state index contributed by atoms with van der Waals surface area (Å²) >= 11 is 1.71. The molecule has 2 heterocycles. The van der Waals surface area contributed by atoms with Crippen LogP contribution in [0, 0.1) is 0 Å². The van der Waals surface area contributed by atoms with Crippen molar-refractivity contribution in [2.45, 2.75) is 26.3 Å². The van der Waals surface area contributed by atoms with Crippen molar-refractivity contribution >= 4 is 17.2 Å². The van der Waals surface area contributed by atoms with Crippen LogP contribution in [0.5, 0.6) is 0 Å². The smallest absolute Gasteiger partial charge is 0.130 e. The van der Waals surface area contributed by atoms with Gasteiger partial charge in [0.1, 0.15) is 12.1 Å². The summed E-state index contributed by atoms with van der Waals surface area (Å²) in [6.07, 6.45) is 2.55. The molecule has 3 nitrogen and oxygen atoms in total. The summed E-state index contributed by atoms with van der Waals surface area (Å²) in [5, 5.41) is 7.62. The zero-order valence-corrected chi connectivity index (χ0v) is 10.3. The second kappa shape index (κ2) is 5.07. The highest BCUT2D eigenvalue weighted by atomic mass is 32.1. The molecule has 1 unspecified atom stereocenters. The average Bonchev–Trinajstić information content (AvgIpc) is 2.83. The van der Waals surface area contributed by atoms with E-state index in [0.717, 1.165) is 17.9 Å². The second-order valence-electron chi connectivity index (χ2n) is 3.67. The van der Waals surface area contributed by atoms with Gasteiger partial charge < -0.3 is 5.32 Å². The second-order valence-corrected chi connectivity index (χ2v) is 4.45. The molecule has 1 atom stereocenters. The maximum Gasteiger partial charge on any atom is 0.130 e. The Morgan fingerprint density at radius 2 is 2.31 bits per heavy atom. The first-order chi connectivity index (χ1) is 7.79. The van der Waals surface area contributed by atoms with Gasteiger partial charge >= 0.3 is 0 Å². The zero-order valence-electron chi connectivity index (χ0n) is 9.47. The first-order valence-corrected chi connectivity index (χ1v) is 6.33. The lowest BCUT2D eigenvalue weighted by atomic mass is 10.2. The Morgan fingerprint density at radius 3 is 3.00 bits per heavy atom. The standard InChI is InChI=1S/C12H15N3S/c1-3-11-6-12(14-8-13-11)15-9(2)10-4-5-16-7-10/h4-9H,3H2,1-2H3,(H,13,14,15). The Morgan fingerprint density at radius 1 is 1.44 bits per heavy atom. The molecular formula is C12H15N3S. The van der Waals surface area contributed by atoms with Gasteiger partial charge in [-0.15, -0.1) is 0 Å². The van der Waals surface area contributed by atoms with Crippen molar-refractivity contribution in [2.24, 2.45) is 0 Å². The van der Waals surface area contributed by atoms with E-state index in [1.54, 1.807) is 17.7 Å². The SMILES string of the molecule is CCc1cc(NC(C)c2ccsc2)ncn1. The molecule has 0 saturated heterocycles. The summed E-state index contributed by atoms with van der Waals surface area (Å²) in [6.45, 7) is 4.23. The summed E-state index contributed by atoms with van der Waals surface area (Å²) in [6, 6.07) is 4.42. The molecule has 84 valence electrons. The molecule has 0 aromatic carbocycles. The fourth-order valence-corrected chi connectivity index (χ4v) is 2.25. The molecule has 4 heteroatoms. The van der Waals surface area contributed by atoms with Crippen molar-refractivity contribution < 1.29 is 0 Å². The van der Waals surface area contributed by atoms with Gasteiger partial charge in [-0.25, -0.2) is 9.97 Å². The Hall–Kier alpha value is -1.42. The molecule has 2 aromatic rings. The van der Waals surface area contributed by atoms with Crippen LogP contribution >= 0.6 is 11.3 Å². The molecule has 2 rings (SSSR count). The van der Waals surface area contributed by atoms with Gasteiger partial charge in [0, 0.05) is 11.8 Å². The van der Waals surface area contributed by atoms with Gasteiger partial charge in [-0.05, 0) is 35.7 Å². The predicted octanol–water partition coefficient (Wildman–Crippen LogP) is 3.27. The topological polar surface area (TPSA) is 37.8 Å². The molecule has 0 amide bonds. The number of hydrogen-bond donors (Lipinski definition) is 1. The first-order valence-electron chi connectivity index (χ1n) is 5.39. The molecule has 0 saturated carbocycles. The molecule has 0 aliphatic heterocycles. The third-order valence-corrected chi connectivity index (χ3v) is 3.19. The zero-order chi connectivity index (χ0) is 11.4. The summed E-state index contributed by atoms with van der Waals surface area (Å²) in [4.78, 5) is 8.40. The van der Waals surface area contributed by atoms with E-state index in [-0.39, 0.29) is 6.04 Å². The fraction of sp³-hybridized carbons (Fsp3) is 0.333. The lowest BCUT2D eigenvalue weighted by Gasteiger charge is -2.13. The van der Waals surface area contributed by atoms with Crippen molar-refractivity contribution in [3.05, 3.63) is 40.5 Å². The summed E-state index contributed by atoms with van der Waals surface area (Å²) in [5.41, 5.74) is 2.36. The van der Waals surface area contributed by atoms with Crippen molar-refractivity contribution in [3.8, 4) is 0 Å². The van der Waals surface area contributed by atoms with Gasteiger partial charge in [0.15, 0.2) is 0 Å². The van der Waals surface area contributed by atoms with Crippen molar-refractivity contribution in [1.29, 1.82) is 0 Å². The number of nitrogens with one attached hydrogen (secondary N) is 1. The number of rotatable bonds is 4. The molecule has 2 aromatic heterocycles. The summed E-state index contributed by atoms with van der Waals surface area (Å²) < 4.78 is 0. The van der Waals surface area contributed by atoms with Crippen LogP contribution in [-0.2, 0) is 6.42 Å². The average molecular weight is 233 g/mol. The summed E-state index contributed by atoms with van der Waals surface area (Å²) in [7, 11) is 0.